The maximum Gasteiger partial charge on any atom is 0.269 e. The maximum atomic E-state index is 12.3. The molecule has 0 saturated heterocycles. The standard InChI is InChI=1S/C22H19ClN4O/c23-18-6-2-4-8-20(18)27-16-9-10-21(26-14-16)22(28)24-12-11-15-13-25-19-7-3-1-5-17(15)19/h1-10,13-14,25,27H,11-12H2,(H,24,28). The van der Waals surface area contributed by atoms with E-state index >= 15 is 0 Å². The van der Waals surface area contributed by atoms with Crippen LogP contribution in [0.3, 0.4) is 0 Å². The van der Waals surface area contributed by atoms with Crippen LogP contribution in [0.15, 0.2) is 73.1 Å². The Labute approximate surface area is 167 Å². The Morgan fingerprint density at radius 2 is 1.86 bits per heavy atom. The number of nitrogens with one attached hydrogen (secondary N) is 3. The molecule has 0 atom stereocenters. The van der Waals surface area contributed by atoms with Crippen LogP contribution in [0, 0.1) is 0 Å². The second kappa shape index (κ2) is 8.15. The van der Waals surface area contributed by atoms with Crippen LogP contribution in [-0.2, 0) is 6.42 Å². The predicted molar refractivity (Wildman–Crippen MR) is 113 cm³/mol. The van der Waals surface area contributed by atoms with E-state index in [4.69, 9.17) is 11.6 Å². The number of rotatable bonds is 6. The minimum absolute atomic E-state index is 0.191. The summed E-state index contributed by atoms with van der Waals surface area (Å²) in [6.07, 6.45) is 4.37. The summed E-state index contributed by atoms with van der Waals surface area (Å²) >= 11 is 6.14. The van der Waals surface area contributed by atoms with Crippen LogP contribution in [0.4, 0.5) is 11.4 Å². The highest BCUT2D eigenvalue weighted by molar-refractivity contribution is 6.33. The molecular formula is C22H19ClN4O. The van der Waals surface area contributed by atoms with E-state index in [0.717, 1.165) is 23.3 Å². The van der Waals surface area contributed by atoms with E-state index < -0.39 is 0 Å². The van der Waals surface area contributed by atoms with Crippen molar-refractivity contribution >= 4 is 39.8 Å². The van der Waals surface area contributed by atoms with Gasteiger partial charge in [-0.1, -0.05) is 41.9 Å². The quantitative estimate of drug-likeness (QED) is 0.437. The first-order chi connectivity index (χ1) is 13.7. The highest BCUT2D eigenvalue weighted by Crippen LogP contribution is 2.24. The van der Waals surface area contributed by atoms with Gasteiger partial charge in [-0.05, 0) is 42.3 Å². The molecule has 0 aliphatic carbocycles. The van der Waals surface area contributed by atoms with Crippen LogP contribution in [0.25, 0.3) is 10.9 Å². The Hall–Kier alpha value is -3.31. The number of nitrogens with zero attached hydrogens (tertiary/aromatic N) is 1. The first-order valence-corrected chi connectivity index (χ1v) is 9.39. The smallest absolute Gasteiger partial charge is 0.269 e. The first-order valence-electron chi connectivity index (χ1n) is 9.01. The number of aromatic nitrogens is 2. The Kier molecular flexibility index (Phi) is 5.26. The van der Waals surface area contributed by atoms with Gasteiger partial charge >= 0.3 is 0 Å². The van der Waals surface area contributed by atoms with Crippen LogP contribution in [-0.4, -0.2) is 22.4 Å². The number of amides is 1. The van der Waals surface area contributed by atoms with E-state index in [1.165, 1.54) is 10.9 Å². The zero-order valence-electron chi connectivity index (χ0n) is 15.1. The van der Waals surface area contributed by atoms with Crippen LogP contribution < -0.4 is 10.6 Å². The number of para-hydroxylation sites is 2. The van der Waals surface area contributed by atoms with Gasteiger partial charge in [0.25, 0.3) is 5.91 Å². The van der Waals surface area contributed by atoms with Gasteiger partial charge in [0.2, 0.25) is 0 Å². The van der Waals surface area contributed by atoms with Gasteiger partial charge in [0.1, 0.15) is 5.69 Å². The zero-order chi connectivity index (χ0) is 19.3. The fourth-order valence-electron chi connectivity index (χ4n) is 3.06. The predicted octanol–water partition coefficient (Wildman–Crippen LogP) is 4.93. The van der Waals surface area contributed by atoms with Crippen LogP contribution in [0.2, 0.25) is 5.02 Å². The molecule has 140 valence electrons. The van der Waals surface area contributed by atoms with Gasteiger partial charge in [0.15, 0.2) is 0 Å². The molecule has 2 aromatic heterocycles. The fourth-order valence-corrected chi connectivity index (χ4v) is 3.24. The molecule has 4 aromatic rings. The van der Waals surface area contributed by atoms with Crippen molar-refractivity contribution in [2.75, 3.05) is 11.9 Å². The lowest BCUT2D eigenvalue weighted by molar-refractivity contribution is 0.0949. The van der Waals surface area contributed by atoms with E-state index in [-0.39, 0.29) is 5.91 Å². The Balaban J connectivity index is 1.34. The Morgan fingerprint density at radius 1 is 1.04 bits per heavy atom. The molecule has 0 radical (unpaired) electrons. The number of aromatic amines is 1. The minimum atomic E-state index is -0.191. The summed E-state index contributed by atoms with van der Waals surface area (Å²) in [7, 11) is 0. The van der Waals surface area contributed by atoms with Gasteiger partial charge in [-0.25, -0.2) is 4.98 Å². The summed E-state index contributed by atoms with van der Waals surface area (Å²) in [6.45, 7) is 0.544. The number of carbonyl (C=O) groups excluding carboxylic acids is 1. The maximum absolute atomic E-state index is 12.3. The molecule has 2 heterocycles. The lowest BCUT2D eigenvalue weighted by atomic mass is 10.1. The number of carbonyl (C=O) groups is 1. The molecule has 0 saturated carbocycles. The first kappa shape index (κ1) is 18.1. The fraction of sp³-hybridized carbons (Fsp3) is 0.0909. The molecule has 0 spiro atoms. The third-order valence-corrected chi connectivity index (χ3v) is 4.83. The van der Waals surface area contributed by atoms with Crippen molar-refractivity contribution in [3.8, 4) is 0 Å². The van der Waals surface area contributed by atoms with Crippen molar-refractivity contribution in [3.63, 3.8) is 0 Å². The lowest BCUT2D eigenvalue weighted by Crippen LogP contribution is -2.26. The third kappa shape index (κ3) is 4.00. The summed E-state index contributed by atoms with van der Waals surface area (Å²) in [5.74, 6) is -0.191. The molecule has 4 rings (SSSR count). The average molecular weight is 391 g/mol. The summed E-state index contributed by atoms with van der Waals surface area (Å²) in [5.41, 5.74) is 4.23. The average Bonchev–Trinajstić information content (AvgIpc) is 3.13. The third-order valence-electron chi connectivity index (χ3n) is 4.50. The van der Waals surface area contributed by atoms with Gasteiger partial charge in [0.05, 0.1) is 22.6 Å². The number of anilines is 2. The number of hydrogen-bond acceptors (Lipinski definition) is 3. The minimum Gasteiger partial charge on any atom is -0.361 e. The van der Waals surface area contributed by atoms with Gasteiger partial charge < -0.3 is 15.6 Å². The monoisotopic (exact) mass is 390 g/mol. The molecule has 0 bridgehead atoms. The Bertz CT molecular complexity index is 1100. The van der Waals surface area contributed by atoms with Crippen molar-refractivity contribution in [3.05, 3.63) is 89.3 Å². The van der Waals surface area contributed by atoms with Crippen molar-refractivity contribution in [2.45, 2.75) is 6.42 Å². The van der Waals surface area contributed by atoms with Gasteiger partial charge in [-0.3, -0.25) is 4.79 Å². The number of fused-ring (bicyclic) bond motifs is 1. The van der Waals surface area contributed by atoms with Crippen molar-refractivity contribution in [1.82, 2.24) is 15.3 Å². The topological polar surface area (TPSA) is 69.8 Å². The SMILES string of the molecule is O=C(NCCc1c[nH]c2ccccc12)c1ccc(Nc2ccccc2Cl)cn1. The van der Waals surface area contributed by atoms with Crippen LogP contribution >= 0.6 is 11.6 Å². The van der Waals surface area contributed by atoms with E-state index in [1.54, 1.807) is 12.3 Å². The molecule has 1 amide bonds. The number of pyridine rings is 1. The zero-order valence-corrected chi connectivity index (χ0v) is 15.8. The normalized spacial score (nSPS) is 10.8. The molecule has 2 aromatic carbocycles. The molecule has 28 heavy (non-hydrogen) atoms. The molecule has 0 aliphatic heterocycles. The number of hydrogen-bond donors (Lipinski definition) is 3. The summed E-state index contributed by atoms with van der Waals surface area (Å²) < 4.78 is 0. The molecular weight excluding hydrogens is 372 g/mol. The Morgan fingerprint density at radius 3 is 2.68 bits per heavy atom. The highest BCUT2D eigenvalue weighted by Gasteiger charge is 2.08. The molecule has 0 aliphatic rings. The molecule has 6 heteroatoms. The van der Waals surface area contributed by atoms with Crippen LogP contribution in [0.5, 0.6) is 0 Å². The molecule has 3 N–H and O–H groups in total. The highest BCUT2D eigenvalue weighted by atomic mass is 35.5. The van der Waals surface area contributed by atoms with Crippen molar-refractivity contribution in [2.24, 2.45) is 0 Å². The van der Waals surface area contributed by atoms with Crippen LogP contribution in [0.1, 0.15) is 16.1 Å². The van der Waals surface area contributed by atoms with Crippen molar-refractivity contribution < 1.29 is 4.79 Å². The number of halogens is 1. The second-order valence-electron chi connectivity index (χ2n) is 6.40. The summed E-state index contributed by atoms with van der Waals surface area (Å²) in [4.78, 5) is 19.8. The molecule has 5 nitrogen and oxygen atoms in total. The van der Waals surface area contributed by atoms with Gasteiger partial charge in [-0.2, -0.15) is 0 Å². The van der Waals surface area contributed by atoms with E-state index in [9.17, 15) is 4.79 Å². The number of H-pyrrole nitrogens is 1. The van der Waals surface area contributed by atoms with E-state index in [0.29, 0.717) is 17.3 Å². The van der Waals surface area contributed by atoms with E-state index in [2.05, 4.69) is 26.7 Å². The largest absolute Gasteiger partial charge is 0.361 e. The molecule has 0 unspecified atom stereocenters. The summed E-state index contributed by atoms with van der Waals surface area (Å²) in [6, 6.07) is 19.1. The second-order valence-corrected chi connectivity index (χ2v) is 6.81. The van der Waals surface area contributed by atoms with Crippen molar-refractivity contribution in [1.29, 1.82) is 0 Å². The summed E-state index contributed by atoms with van der Waals surface area (Å²) in [5, 5.41) is 7.92. The van der Waals surface area contributed by atoms with Gasteiger partial charge in [-0.15, -0.1) is 0 Å². The van der Waals surface area contributed by atoms with Gasteiger partial charge in [0, 0.05) is 23.6 Å². The molecule has 0 fully saturated rings. The van der Waals surface area contributed by atoms with E-state index in [1.807, 2.05) is 54.7 Å². The lowest BCUT2D eigenvalue weighted by Gasteiger charge is -2.09. The number of benzene rings is 2.